The summed E-state index contributed by atoms with van der Waals surface area (Å²) in [6.45, 7) is 2.30. The van der Waals surface area contributed by atoms with Crippen molar-refractivity contribution in [1.82, 2.24) is 0 Å². The maximum Gasteiger partial charge on any atom is 0.573 e. The zero-order chi connectivity index (χ0) is 22.9. The highest BCUT2D eigenvalue weighted by molar-refractivity contribution is 7.11. The minimum atomic E-state index is -4.83. The van der Waals surface area contributed by atoms with E-state index in [4.69, 9.17) is 0 Å². The van der Waals surface area contributed by atoms with Crippen molar-refractivity contribution in [3.05, 3.63) is 82.7 Å². The number of alkyl halides is 3. The van der Waals surface area contributed by atoms with Crippen LogP contribution >= 0.6 is 11.3 Å². The summed E-state index contributed by atoms with van der Waals surface area (Å²) < 4.78 is 41.3. The van der Waals surface area contributed by atoms with E-state index < -0.39 is 23.9 Å². The number of likely N-dealkylation sites (N-methyl/N-ethyl adjacent to an activating group) is 1. The Kier molecular flexibility index (Phi) is 5.75. The maximum absolute atomic E-state index is 13.5. The number of ether oxygens (including phenoxy) is 1. The molecular formula is C23H17F3N2O3S. The molecule has 0 saturated carbocycles. The molecule has 0 spiro atoms. The Morgan fingerprint density at radius 2 is 1.62 bits per heavy atom. The molecule has 2 aromatic carbocycles. The van der Waals surface area contributed by atoms with E-state index >= 15 is 0 Å². The van der Waals surface area contributed by atoms with Gasteiger partial charge in [0.1, 0.15) is 11.4 Å². The number of benzene rings is 2. The second-order valence-corrected chi connectivity index (χ2v) is 7.72. The molecule has 1 aliphatic heterocycles. The third kappa shape index (κ3) is 4.11. The second kappa shape index (κ2) is 8.51. The molecule has 4 rings (SSSR count). The van der Waals surface area contributed by atoms with Gasteiger partial charge in [0.25, 0.3) is 11.8 Å². The lowest BCUT2D eigenvalue weighted by molar-refractivity contribution is -0.274. The number of amides is 2. The predicted octanol–water partition coefficient (Wildman–Crippen LogP) is 5.46. The van der Waals surface area contributed by atoms with Gasteiger partial charge < -0.3 is 9.64 Å². The van der Waals surface area contributed by atoms with Crippen molar-refractivity contribution < 1.29 is 27.5 Å². The topological polar surface area (TPSA) is 49.9 Å². The molecule has 1 aliphatic rings. The van der Waals surface area contributed by atoms with E-state index in [1.54, 1.807) is 17.0 Å². The van der Waals surface area contributed by atoms with Crippen molar-refractivity contribution >= 4 is 40.1 Å². The van der Waals surface area contributed by atoms with Crippen LogP contribution < -0.4 is 14.5 Å². The fraction of sp³-hybridized carbons (Fsp3) is 0.130. The van der Waals surface area contributed by atoms with E-state index in [0.717, 1.165) is 22.7 Å². The molecular weight excluding hydrogens is 441 g/mol. The number of rotatable bonds is 6. The first-order chi connectivity index (χ1) is 15.3. The number of imide groups is 1. The average Bonchev–Trinajstić information content (AvgIpc) is 3.36. The van der Waals surface area contributed by atoms with Crippen LogP contribution in [0.2, 0.25) is 0 Å². The van der Waals surface area contributed by atoms with Gasteiger partial charge in [-0.25, -0.2) is 4.90 Å². The van der Waals surface area contributed by atoms with Crippen molar-refractivity contribution in [2.75, 3.05) is 16.3 Å². The zero-order valence-electron chi connectivity index (χ0n) is 16.8. The number of thiophene rings is 1. The first kappa shape index (κ1) is 21.6. The van der Waals surface area contributed by atoms with Crippen LogP contribution in [0.5, 0.6) is 5.75 Å². The SMILES string of the molecule is CCN(C1=C(c2cccs2)C(=O)N(c2ccc(OC(F)(F)F)cc2)C1=O)c1ccccc1. The van der Waals surface area contributed by atoms with Crippen molar-refractivity contribution in [2.24, 2.45) is 0 Å². The summed E-state index contributed by atoms with van der Waals surface area (Å²) in [7, 11) is 0. The van der Waals surface area contributed by atoms with Crippen LogP contribution in [-0.2, 0) is 9.59 Å². The van der Waals surface area contributed by atoms with E-state index in [9.17, 15) is 22.8 Å². The third-order valence-corrected chi connectivity index (χ3v) is 5.70. The van der Waals surface area contributed by atoms with Gasteiger partial charge in [0, 0.05) is 17.1 Å². The molecule has 0 bridgehead atoms. The molecule has 2 amide bonds. The van der Waals surface area contributed by atoms with E-state index in [0.29, 0.717) is 11.4 Å². The molecule has 0 saturated heterocycles. The third-order valence-electron chi connectivity index (χ3n) is 4.81. The molecule has 2 heterocycles. The number of carbonyl (C=O) groups excluding carboxylic acids is 2. The largest absolute Gasteiger partial charge is 0.573 e. The van der Waals surface area contributed by atoms with Crippen molar-refractivity contribution in [2.45, 2.75) is 13.3 Å². The van der Waals surface area contributed by atoms with Gasteiger partial charge >= 0.3 is 6.36 Å². The van der Waals surface area contributed by atoms with Gasteiger partial charge in [0.05, 0.1) is 11.3 Å². The first-order valence-corrected chi connectivity index (χ1v) is 10.5. The summed E-state index contributed by atoms with van der Waals surface area (Å²) in [5.74, 6) is -1.52. The zero-order valence-corrected chi connectivity index (χ0v) is 17.6. The molecule has 0 aliphatic carbocycles. The predicted molar refractivity (Wildman–Crippen MR) is 116 cm³/mol. The number of hydrogen-bond acceptors (Lipinski definition) is 5. The lowest BCUT2D eigenvalue weighted by Crippen LogP contribution is -2.35. The van der Waals surface area contributed by atoms with Crippen LogP contribution in [0.3, 0.4) is 0 Å². The first-order valence-electron chi connectivity index (χ1n) is 9.65. The van der Waals surface area contributed by atoms with Gasteiger partial charge in [-0.05, 0) is 54.8 Å². The summed E-state index contributed by atoms with van der Waals surface area (Å²) in [6.07, 6.45) is -4.83. The summed E-state index contributed by atoms with van der Waals surface area (Å²) in [5.41, 5.74) is 1.38. The minimum absolute atomic E-state index is 0.155. The molecule has 0 radical (unpaired) electrons. The summed E-state index contributed by atoms with van der Waals surface area (Å²) >= 11 is 1.33. The Hall–Kier alpha value is -3.59. The number of nitrogens with zero attached hydrogens (tertiary/aromatic N) is 2. The Labute approximate surface area is 185 Å². The Balaban J connectivity index is 1.76. The van der Waals surface area contributed by atoms with Crippen LogP contribution in [0, 0.1) is 0 Å². The standard InChI is InChI=1S/C23H17F3N2O3S/c1-2-27(15-7-4-3-5-8-15)20-19(18-9-6-14-32-18)21(29)28(22(20)30)16-10-12-17(13-11-16)31-23(24,25)26/h3-14H,2H2,1H3. The van der Waals surface area contributed by atoms with Crippen molar-refractivity contribution in [3.63, 3.8) is 0 Å². The smallest absolute Gasteiger partial charge is 0.406 e. The molecule has 0 fully saturated rings. The van der Waals surface area contributed by atoms with Crippen LogP contribution in [-0.4, -0.2) is 24.7 Å². The fourth-order valence-electron chi connectivity index (χ4n) is 3.52. The molecule has 0 N–H and O–H groups in total. The second-order valence-electron chi connectivity index (χ2n) is 6.77. The van der Waals surface area contributed by atoms with Crippen LogP contribution in [0.15, 0.2) is 77.8 Å². The van der Waals surface area contributed by atoms with E-state index in [2.05, 4.69) is 4.74 Å². The van der Waals surface area contributed by atoms with Gasteiger partial charge in [-0.15, -0.1) is 24.5 Å². The summed E-state index contributed by atoms with van der Waals surface area (Å²) in [5, 5.41) is 1.81. The molecule has 3 aromatic rings. The van der Waals surface area contributed by atoms with Crippen LogP contribution in [0.25, 0.3) is 5.57 Å². The van der Waals surface area contributed by atoms with E-state index in [-0.39, 0.29) is 17.0 Å². The lowest BCUT2D eigenvalue weighted by atomic mass is 10.1. The summed E-state index contributed by atoms with van der Waals surface area (Å²) in [4.78, 5) is 30.3. The van der Waals surface area contributed by atoms with Crippen LogP contribution in [0.1, 0.15) is 11.8 Å². The summed E-state index contributed by atoms with van der Waals surface area (Å²) in [6, 6.07) is 17.4. The van der Waals surface area contributed by atoms with Gasteiger partial charge in [0.15, 0.2) is 0 Å². The maximum atomic E-state index is 13.5. The van der Waals surface area contributed by atoms with E-state index in [1.165, 1.54) is 23.5 Å². The highest BCUT2D eigenvalue weighted by Gasteiger charge is 2.43. The van der Waals surface area contributed by atoms with Gasteiger partial charge in [-0.2, -0.15) is 0 Å². The molecule has 32 heavy (non-hydrogen) atoms. The van der Waals surface area contributed by atoms with Gasteiger partial charge in [-0.3, -0.25) is 9.59 Å². The van der Waals surface area contributed by atoms with Crippen molar-refractivity contribution in [1.29, 1.82) is 0 Å². The highest BCUT2D eigenvalue weighted by Crippen LogP contribution is 2.38. The average molecular weight is 458 g/mol. The normalized spacial score (nSPS) is 14.3. The van der Waals surface area contributed by atoms with Crippen molar-refractivity contribution in [3.8, 4) is 5.75 Å². The van der Waals surface area contributed by atoms with Gasteiger partial charge in [-0.1, -0.05) is 24.3 Å². The molecule has 0 atom stereocenters. The quantitative estimate of drug-likeness (QED) is 0.461. The number of halogens is 3. The Bertz CT molecular complexity index is 1160. The number of para-hydroxylation sites is 1. The monoisotopic (exact) mass is 458 g/mol. The molecule has 164 valence electrons. The molecule has 5 nitrogen and oxygen atoms in total. The lowest BCUT2D eigenvalue weighted by Gasteiger charge is -2.24. The number of carbonyl (C=O) groups is 2. The van der Waals surface area contributed by atoms with Gasteiger partial charge in [0.2, 0.25) is 0 Å². The number of hydrogen-bond donors (Lipinski definition) is 0. The molecule has 1 aromatic heterocycles. The molecule has 0 unspecified atom stereocenters. The Morgan fingerprint density at radius 3 is 2.19 bits per heavy atom. The fourth-order valence-corrected chi connectivity index (χ4v) is 4.28. The molecule has 9 heteroatoms. The highest BCUT2D eigenvalue weighted by atomic mass is 32.1. The minimum Gasteiger partial charge on any atom is -0.406 e. The number of anilines is 2. The van der Waals surface area contributed by atoms with Crippen LogP contribution in [0.4, 0.5) is 24.5 Å². The van der Waals surface area contributed by atoms with E-state index in [1.807, 2.05) is 42.6 Å². The Morgan fingerprint density at radius 1 is 0.938 bits per heavy atom.